The Labute approximate surface area is 197 Å². The molecule has 0 spiro atoms. The molecule has 1 aliphatic heterocycles. The van der Waals surface area contributed by atoms with Crippen molar-refractivity contribution in [1.29, 1.82) is 0 Å². The molecule has 1 atom stereocenters. The molecular formula is C24H33F3N2OS2. The molecule has 2 heterocycles. The summed E-state index contributed by atoms with van der Waals surface area (Å²) in [5.41, 5.74) is -2.10. The van der Waals surface area contributed by atoms with Crippen molar-refractivity contribution in [3.63, 3.8) is 0 Å². The van der Waals surface area contributed by atoms with Gasteiger partial charge in [0.05, 0.1) is 4.21 Å². The molecule has 8 heteroatoms. The molecule has 32 heavy (non-hydrogen) atoms. The third-order valence-electron chi connectivity index (χ3n) is 6.19. The van der Waals surface area contributed by atoms with Crippen molar-refractivity contribution in [3.8, 4) is 0 Å². The van der Waals surface area contributed by atoms with Crippen LogP contribution in [0, 0.1) is 5.92 Å². The molecule has 2 aliphatic rings. The standard InChI is InChI=1S/C17H19F3N2OS2.C7H14/c1-16(23,17(18,19)20)13-4-6-14(7-5-13)21-8-10-22(11-9-21)25-15-3-2-12-24-15;1-7-5-3-2-4-6-7/h2-7,12,23H,8-11H2,1H3;7H,2-6H2,1H3. The van der Waals surface area contributed by atoms with Gasteiger partial charge in [-0.1, -0.05) is 57.2 Å². The van der Waals surface area contributed by atoms with E-state index in [-0.39, 0.29) is 5.56 Å². The third kappa shape index (κ3) is 6.89. The van der Waals surface area contributed by atoms with E-state index in [9.17, 15) is 18.3 Å². The van der Waals surface area contributed by atoms with Crippen LogP contribution in [0.15, 0.2) is 46.0 Å². The maximum absolute atomic E-state index is 12.9. The average molecular weight is 487 g/mol. The number of anilines is 1. The Hall–Kier alpha value is -1.22. The monoisotopic (exact) mass is 486 g/mol. The fourth-order valence-electron chi connectivity index (χ4n) is 3.95. The summed E-state index contributed by atoms with van der Waals surface area (Å²) in [6, 6.07) is 10.1. The minimum atomic E-state index is -4.70. The van der Waals surface area contributed by atoms with Gasteiger partial charge in [0.25, 0.3) is 0 Å². The number of aliphatic hydroxyl groups is 1. The van der Waals surface area contributed by atoms with Gasteiger partial charge in [-0.3, -0.25) is 0 Å². The molecule has 0 amide bonds. The van der Waals surface area contributed by atoms with Gasteiger partial charge in [0, 0.05) is 31.9 Å². The van der Waals surface area contributed by atoms with Crippen molar-refractivity contribution < 1.29 is 18.3 Å². The largest absolute Gasteiger partial charge is 0.421 e. The van der Waals surface area contributed by atoms with Crippen LogP contribution in [-0.4, -0.2) is 41.8 Å². The third-order valence-corrected chi connectivity index (χ3v) is 8.31. The molecular weight excluding hydrogens is 453 g/mol. The second kappa shape index (κ2) is 11.3. The number of alkyl halides is 3. The minimum absolute atomic E-state index is 0.143. The number of nitrogens with zero attached hydrogens (tertiary/aromatic N) is 2. The van der Waals surface area contributed by atoms with E-state index < -0.39 is 11.8 Å². The number of benzene rings is 1. The average Bonchev–Trinajstić information content (AvgIpc) is 3.28. The lowest BCUT2D eigenvalue weighted by molar-refractivity contribution is -0.258. The van der Waals surface area contributed by atoms with E-state index in [0.29, 0.717) is 0 Å². The van der Waals surface area contributed by atoms with E-state index in [1.165, 1.54) is 48.4 Å². The Balaban J connectivity index is 0.000000352. The van der Waals surface area contributed by atoms with Gasteiger partial charge in [0.2, 0.25) is 0 Å². The molecule has 1 N–H and O–H groups in total. The van der Waals surface area contributed by atoms with Crippen LogP contribution in [0.2, 0.25) is 0 Å². The molecule has 1 saturated carbocycles. The van der Waals surface area contributed by atoms with Crippen LogP contribution in [0.3, 0.4) is 0 Å². The van der Waals surface area contributed by atoms with E-state index in [2.05, 4.69) is 27.6 Å². The van der Waals surface area contributed by atoms with Crippen LogP contribution in [0.4, 0.5) is 18.9 Å². The number of hydrogen-bond acceptors (Lipinski definition) is 5. The molecule has 1 unspecified atom stereocenters. The Kier molecular flexibility index (Phi) is 8.95. The van der Waals surface area contributed by atoms with E-state index in [1.54, 1.807) is 35.4 Å². The van der Waals surface area contributed by atoms with Crippen molar-refractivity contribution in [2.75, 3.05) is 31.1 Å². The molecule has 1 aromatic carbocycles. The highest BCUT2D eigenvalue weighted by Gasteiger charge is 2.51. The van der Waals surface area contributed by atoms with E-state index in [1.807, 2.05) is 6.07 Å². The zero-order chi connectivity index (χ0) is 23.2. The highest BCUT2D eigenvalue weighted by Crippen LogP contribution is 2.39. The van der Waals surface area contributed by atoms with Crippen molar-refractivity contribution in [2.24, 2.45) is 5.92 Å². The zero-order valence-corrected chi connectivity index (χ0v) is 20.4. The summed E-state index contributed by atoms with van der Waals surface area (Å²) in [7, 11) is 0. The normalized spacial score (nSPS) is 20.4. The second-order valence-corrected chi connectivity index (χ2v) is 11.1. The predicted octanol–water partition coefficient (Wildman–Crippen LogP) is 6.93. The quantitative estimate of drug-likeness (QED) is 0.474. The predicted molar refractivity (Wildman–Crippen MR) is 128 cm³/mol. The first-order valence-electron chi connectivity index (χ1n) is 11.3. The summed E-state index contributed by atoms with van der Waals surface area (Å²) in [6.45, 7) is 6.53. The molecule has 3 nitrogen and oxygen atoms in total. The SMILES string of the molecule is CC(O)(c1ccc(N2CCN(Sc3cccs3)CC2)cc1)C(F)(F)F.CC1CCCCC1. The molecule has 2 aromatic rings. The molecule has 1 aromatic heterocycles. The number of hydrogen-bond donors (Lipinski definition) is 1. The molecule has 1 aliphatic carbocycles. The maximum atomic E-state index is 12.9. The van der Waals surface area contributed by atoms with Crippen LogP contribution >= 0.6 is 23.3 Å². The summed E-state index contributed by atoms with van der Waals surface area (Å²) < 4.78 is 42.3. The van der Waals surface area contributed by atoms with Crippen LogP contribution in [0.25, 0.3) is 0 Å². The van der Waals surface area contributed by atoms with Crippen LogP contribution in [0.5, 0.6) is 0 Å². The highest BCUT2D eigenvalue weighted by atomic mass is 32.2. The summed E-state index contributed by atoms with van der Waals surface area (Å²) in [5.74, 6) is 1.04. The molecule has 1 saturated heterocycles. The van der Waals surface area contributed by atoms with Gasteiger partial charge in [0.1, 0.15) is 0 Å². The Bertz CT molecular complexity index is 796. The van der Waals surface area contributed by atoms with Crippen LogP contribution in [0.1, 0.15) is 51.5 Å². The van der Waals surface area contributed by atoms with Crippen molar-refractivity contribution in [2.45, 2.75) is 61.9 Å². The lowest BCUT2D eigenvalue weighted by atomic mass is 9.91. The van der Waals surface area contributed by atoms with Gasteiger partial charge >= 0.3 is 6.18 Å². The number of halogens is 3. The number of piperazine rings is 1. The Morgan fingerprint density at radius 3 is 2.06 bits per heavy atom. The van der Waals surface area contributed by atoms with E-state index >= 15 is 0 Å². The second-order valence-electron chi connectivity index (χ2n) is 8.80. The van der Waals surface area contributed by atoms with Crippen LogP contribution in [-0.2, 0) is 5.60 Å². The van der Waals surface area contributed by atoms with E-state index in [4.69, 9.17) is 0 Å². The van der Waals surface area contributed by atoms with Gasteiger partial charge < -0.3 is 10.0 Å². The van der Waals surface area contributed by atoms with Gasteiger partial charge in [-0.25, -0.2) is 4.31 Å². The summed E-state index contributed by atoms with van der Waals surface area (Å²) in [5, 5.41) is 11.8. The summed E-state index contributed by atoms with van der Waals surface area (Å²) >= 11 is 3.46. The smallest absolute Gasteiger partial charge is 0.376 e. The first kappa shape index (κ1) is 25.4. The molecule has 0 radical (unpaired) electrons. The first-order valence-corrected chi connectivity index (χ1v) is 12.9. The van der Waals surface area contributed by atoms with Crippen LogP contribution < -0.4 is 4.90 Å². The summed E-state index contributed by atoms with van der Waals surface area (Å²) in [6.07, 6.45) is 2.74. The molecule has 2 fully saturated rings. The fourth-order valence-corrected chi connectivity index (χ4v) is 5.79. The Morgan fingerprint density at radius 1 is 0.969 bits per heavy atom. The van der Waals surface area contributed by atoms with Gasteiger partial charge in [-0.05, 0) is 53.9 Å². The lowest BCUT2D eigenvalue weighted by Crippen LogP contribution is -2.43. The zero-order valence-electron chi connectivity index (χ0n) is 18.8. The topological polar surface area (TPSA) is 26.7 Å². The Morgan fingerprint density at radius 2 is 1.59 bits per heavy atom. The number of thiophene rings is 1. The maximum Gasteiger partial charge on any atom is 0.421 e. The van der Waals surface area contributed by atoms with Crippen molar-refractivity contribution in [3.05, 3.63) is 47.3 Å². The number of rotatable bonds is 4. The van der Waals surface area contributed by atoms with Gasteiger partial charge in [-0.2, -0.15) is 13.2 Å². The van der Waals surface area contributed by atoms with Gasteiger partial charge in [0.15, 0.2) is 5.60 Å². The van der Waals surface area contributed by atoms with Gasteiger partial charge in [-0.15, -0.1) is 11.3 Å². The van der Waals surface area contributed by atoms with Crippen molar-refractivity contribution in [1.82, 2.24) is 4.31 Å². The minimum Gasteiger partial charge on any atom is -0.376 e. The molecule has 4 rings (SSSR count). The highest BCUT2D eigenvalue weighted by molar-refractivity contribution is 7.98. The summed E-state index contributed by atoms with van der Waals surface area (Å²) in [4.78, 5) is 2.15. The molecule has 0 bridgehead atoms. The van der Waals surface area contributed by atoms with Crippen molar-refractivity contribution >= 4 is 29.0 Å². The van der Waals surface area contributed by atoms with E-state index in [0.717, 1.165) is 44.7 Å². The fraction of sp³-hybridized carbons (Fsp3) is 0.583. The first-order chi connectivity index (χ1) is 15.2. The lowest BCUT2D eigenvalue weighted by Gasteiger charge is -2.35. The molecule has 178 valence electrons.